The highest BCUT2D eigenvalue weighted by molar-refractivity contribution is 5.30. The van der Waals surface area contributed by atoms with Crippen molar-refractivity contribution >= 4 is 0 Å². The van der Waals surface area contributed by atoms with Gasteiger partial charge in [-0.3, -0.25) is 4.68 Å². The lowest BCUT2D eigenvalue weighted by atomic mass is 9.83. The number of nitrogens with one attached hydrogen (secondary N) is 1. The maximum absolute atomic E-state index is 4.63. The molecular formula is C13H23N3. The Labute approximate surface area is 98.2 Å². The van der Waals surface area contributed by atoms with Crippen molar-refractivity contribution in [1.82, 2.24) is 15.1 Å². The van der Waals surface area contributed by atoms with Gasteiger partial charge in [0.25, 0.3) is 0 Å². The van der Waals surface area contributed by atoms with Gasteiger partial charge in [0.1, 0.15) is 0 Å². The van der Waals surface area contributed by atoms with Gasteiger partial charge < -0.3 is 5.32 Å². The van der Waals surface area contributed by atoms with Crippen molar-refractivity contribution in [3.05, 3.63) is 17.0 Å². The van der Waals surface area contributed by atoms with Crippen molar-refractivity contribution in [3.63, 3.8) is 0 Å². The maximum atomic E-state index is 4.63. The molecule has 0 spiro atoms. The summed E-state index contributed by atoms with van der Waals surface area (Å²) in [6.07, 6.45) is 6.89. The number of hydrogen-bond donors (Lipinski definition) is 1. The van der Waals surface area contributed by atoms with Crippen LogP contribution in [0.2, 0.25) is 0 Å². The minimum Gasteiger partial charge on any atom is -0.314 e. The van der Waals surface area contributed by atoms with E-state index in [-0.39, 0.29) is 0 Å². The van der Waals surface area contributed by atoms with Crippen LogP contribution >= 0.6 is 0 Å². The van der Waals surface area contributed by atoms with Gasteiger partial charge in [-0.2, -0.15) is 5.10 Å². The largest absolute Gasteiger partial charge is 0.314 e. The molecule has 1 aliphatic carbocycles. The van der Waals surface area contributed by atoms with E-state index in [2.05, 4.69) is 24.4 Å². The molecule has 90 valence electrons. The molecule has 1 aliphatic rings. The molecule has 16 heavy (non-hydrogen) atoms. The lowest BCUT2D eigenvalue weighted by Gasteiger charge is -2.22. The third-order valence-corrected chi connectivity index (χ3v) is 3.81. The summed E-state index contributed by atoms with van der Waals surface area (Å²) in [4.78, 5) is 0. The van der Waals surface area contributed by atoms with E-state index in [4.69, 9.17) is 0 Å². The van der Waals surface area contributed by atoms with Crippen molar-refractivity contribution < 1.29 is 0 Å². The molecule has 0 atom stereocenters. The summed E-state index contributed by atoms with van der Waals surface area (Å²) in [5.41, 5.74) is 4.14. The van der Waals surface area contributed by atoms with Crippen LogP contribution in [0.4, 0.5) is 0 Å². The fourth-order valence-electron chi connectivity index (χ4n) is 2.91. The van der Waals surface area contributed by atoms with Crippen LogP contribution in [0.25, 0.3) is 0 Å². The molecule has 0 radical (unpaired) electrons. The van der Waals surface area contributed by atoms with Crippen molar-refractivity contribution in [2.24, 2.45) is 7.05 Å². The maximum Gasteiger partial charge on any atom is 0.0799 e. The molecule has 0 bridgehead atoms. The highest BCUT2D eigenvalue weighted by Gasteiger charge is 2.23. The topological polar surface area (TPSA) is 29.9 Å². The highest BCUT2D eigenvalue weighted by Crippen LogP contribution is 2.35. The summed E-state index contributed by atoms with van der Waals surface area (Å²) < 4.78 is 2.04. The van der Waals surface area contributed by atoms with Crippen molar-refractivity contribution in [1.29, 1.82) is 0 Å². The lowest BCUT2D eigenvalue weighted by molar-refractivity contribution is 0.439. The quantitative estimate of drug-likeness (QED) is 0.850. The minimum atomic E-state index is 0.755. The van der Waals surface area contributed by atoms with Crippen LogP contribution in [0.5, 0.6) is 0 Å². The summed E-state index contributed by atoms with van der Waals surface area (Å²) in [6, 6.07) is 0. The van der Waals surface area contributed by atoms with Crippen LogP contribution in [-0.4, -0.2) is 16.8 Å². The highest BCUT2D eigenvalue weighted by atomic mass is 15.3. The number of aromatic nitrogens is 2. The Hall–Kier alpha value is -0.830. The second-order valence-electron chi connectivity index (χ2n) is 4.93. The normalized spacial score (nSPS) is 17.9. The standard InChI is InChI=1S/C13H23N3/c1-10-13(11-7-5-4-6-8-11)12(9-14-2)15-16(10)3/h11,14H,4-9H2,1-3H3. The molecule has 0 aliphatic heterocycles. The van der Waals surface area contributed by atoms with Crippen molar-refractivity contribution in [3.8, 4) is 0 Å². The fraction of sp³-hybridized carbons (Fsp3) is 0.769. The van der Waals surface area contributed by atoms with E-state index in [0.717, 1.165) is 12.5 Å². The van der Waals surface area contributed by atoms with Gasteiger partial charge in [0.05, 0.1) is 5.69 Å². The molecule has 1 N–H and O–H groups in total. The second-order valence-corrected chi connectivity index (χ2v) is 4.93. The van der Waals surface area contributed by atoms with Crippen LogP contribution in [0.15, 0.2) is 0 Å². The molecule has 3 heteroatoms. The smallest absolute Gasteiger partial charge is 0.0799 e. The van der Waals surface area contributed by atoms with E-state index in [1.165, 1.54) is 49.1 Å². The monoisotopic (exact) mass is 221 g/mol. The predicted octanol–water partition coefficient (Wildman–Crippen LogP) is 2.50. The Morgan fingerprint density at radius 3 is 2.62 bits per heavy atom. The number of aryl methyl sites for hydroxylation is 1. The van der Waals surface area contributed by atoms with E-state index in [0.29, 0.717) is 0 Å². The molecule has 0 aromatic carbocycles. The van der Waals surface area contributed by atoms with E-state index >= 15 is 0 Å². The van der Waals surface area contributed by atoms with E-state index in [1.807, 2.05) is 11.7 Å². The van der Waals surface area contributed by atoms with Gasteiger partial charge in [-0.25, -0.2) is 0 Å². The van der Waals surface area contributed by atoms with E-state index in [9.17, 15) is 0 Å². The summed E-state index contributed by atoms with van der Waals surface area (Å²) in [5.74, 6) is 0.755. The molecule has 1 aromatic rings. The van der Waals surface area contributed by atoms with Gasteiger partial charge in [0, 0.05) is 24.8 Å². The number of hydrogen-bond acceptors (Lipinski definition) is 2. The van der Waals surface area contributed by atoms with Crippen LogP contribution in [-0.2, 0) is 13.6 Å². The molecule has 1 fully saturated rings. The van der Waals surface area contributed by atoms with Crippen molar-refractivity contribution in [2.75, 3.05) is 7.05 Å². The third kappa shape index (κ3) is 2.14. The summed E-state index contributed by atoms with van der Waals surface area (Å²) in [6.45, 7) is 3.10. The van der Waals surface area contributed by atoms with Crippen LogP contribution in [0.1, 0.15) is 55.0 Å². The zero-order valence-corrected chi connectivity index (χ0v) is 10.7. The Bertz CT molecular complexity index is 348. The zero-order valence-electron chi connectivity index (χ0n) is 10.7. The SMILES string of the molecule is CNCc1nn(C)c(C)c1C1CCCCC1. The van der Waals surface area contributed by atoms with Gasteiger partial charge in [0.2, 0.25) is 0 Å². The first-order chi connectivity index (χ1) is 7.74. The first-order valence-electron chi connectivity index (χ1n) is 6.41. The number of rotatable bonds is 3. The zero-order chi connectivity index (χ0) is 11.5. The van der Waals surface area contributed by atoms with Crippen LogP contribution in [0.3, 0.4) is 0 Å². The third-order valence-electron chi connectivity index (χ3n) is 3.81. The molecule has 1 heterocycles. The molecule has 0 amide bonds. The molecule has 2 rings (SSSR count). The average Bonchev–Trinajstić information content (AvgIpc) is 2.57. The molecular weight excluding hydrogens is 198 g/mol. The second kappa shape index (κ2) is 5.00. The molecule has 3 nitrogen and oxygen atoms in total. The predicted molar refractivity (Wildman–Crippen MR) is 66.5 cm³/mol. The summed E-state index contributed by atoms with van der Waals surface area (Å²) in [7, 11) is 4.05. The molecule has 0 saturated heterocycles. The Morgan fingerprint density at radius 1 is 1.31 bits per heavy atom. The van der Waals surface area contributed by atoms with Crippen LogP contribution in [0, 0.1) is 6.92 Å². The van der Waals surface area contributed by atoms with E-state index in [1.54, 1.807) is 0 Å². The Kier molecular flexibility index (Phi) is 3.64. The molecule has 0 unspecified atom stereocenters. The molecule has 1 aromatic heterocycles. The summed E-state index contributed by atoms with van der Waals surface area (Å²) in [5, 5.41) is 7.86. The van der Waals surface area contributed by atoms with Crippen molar-refractivity contribution in [2.45, 2.75) is 51.5 Å². The summed E-state index contributed by atoms with van der Waals surface area (Å²) >= 11 is 0. The van der Waals surface area contributed by atoms with Gasteiger partial charge >= 0.3 is 0 Å². The van der Waals surface area contributed by atoms with Crippen LogP contribution < -0.4 is 5.32 Å². The van der Waals surface area contributed by atoms with Gasteiger partial charge in [-0.05, 0) is 32.7 Å². The Morgan fingerprint density at radius 2 is 2.00 bits per heavy atom. The average molecular weight is 221 g/mol. The van der Waals surface area contributed by atoms with Gasteiger partial charge in [-0.15, -0.1) is 0 Å². The Balaban J connectivity index is 2.28. The molecule has 1 saturated carbocycles. The first-order valence-corrected chi connectivity index (χ1v) is 6.41. The van der Waals surface area contributed by atoms with Gasteiger partial charge in [0.15, 0.2) is 0 Å². The minimum absolute atomic E-state index is 0.755. The lowest BCUT2D eigenvalue weighted by Crippen LogP contribution is -2.12. The fourth-order valence-corrected chi connectivity index (χ4v) is 2.91. The number of nitrogens with zero attached hydrogens (tertiary/aromatic N) is 2. The van der Waals surface area contributed by atoms with Gasteiger partial charge in [-0.1, -0.05) is 19.3 Å². The first kappa shape index (κ1) is 11.6. The van der Waals surface area contributed by atoms with E-state index < -0.39 is 0 Å².